The van der Waals surface area contributed by atoms with Gasteiger partial charge in [-0.3, -0.25) is 20.1 Å². The fourth-order valence-corrected chi connectivity index (χ4v) is 7.03. The van der Waals surface area contributed by atoms with E-state index in [2.05, 4.69) is 161 Å². The Morgan fingerprint density at radius 2 is 1.38 bits per heavy atom. The predicted molar refractivity (Wildman–Crippen MR) is 261 cm³/mol. The van der Waals surface area contributed by atoms with Crippen LogP contribution < -0.4 is 5.73 Å². The Hall–Kier alpha value is -6.70. The molecular weight excluding hydrogens is 797 g/mol. The Morgan fingerprint density at radius 3 is 2.06 bits per heavy atom. The first-order chi connectivity index (χ1) is 30.6. The maximum absolute atomic E-state index is 5.72. The summed E-state index contributed by atoms with van der Waals surface area (Å²) in [5.74, 6) is 3.13. The van der Waals surface area contributed by atoms with Crippen LogP contribution in [-0.4, -0.2) is 66.6 Å². The normalized spacial score (nSPS) is 12.5. The summed E-state index contributed by atoms with van der Waals surface area (Å²) in [5, 5.41) is 12.5. The van der Waals surface area contributed by atoms with Crippen LogP contribution in [0, 0.1) is 0 Å². The highest BCUT2D eigenvalue weighted by molar-refractivity contribution is 6.01. The quantitative estimate of drug-likeness (QED) is 0.146. The van der Waals surface area contributed by atoms with Crippen LogP contribution in [0.3, 0.4) is 0 Å². The second kappa shape index (κ2) is 21.1. The van der Waals surface area contributed by atoms with Crippen molar-refractivity contribution >= 4 is 51.3 Å². The summed E-state index contributed by atoms with van der Waals surface area (Å²) >= 11 is 0. The molecule has 0 fully saturated rings. The number of imidazole rings is 1. The van der Waals surface area contributed by atoms with Crippen molar-refractivity contribution in [1.82, 2.24) is 54.7 Å². The van der Waals surface area contributed by atoms with Gasteiger partial charge in [-0.25, -0.2) is 29.4 Å². The summed E-state index contributed by atoms with van der Waals surface area (Å²) in [6.45, 7) is 26.6. The Morgan fingerprint density at radius 1 is 0.719 bits per heavy atom. The van der Waals surface area contributed by atoms with E-state index in [0.717, 1.165) is 58.9 Å². The molecule has 4 N–H and O–H groups in total. The van der Waals surface area contributed by atoms with Crippen LogP contribution >= 0.6 is 0 Å². The molecule has 0 saturated carbocycles. The minimum atomic E-state index is 0.489. The summed E-state index contributed by atoms with van der Waals surface area (Å²) in [7, 11) is 0. The third-order valence-electron chi connectivity index (χ3n) is 11.3. The van der Waals surface area contributed by atoms with E-state index in [1.165, 1.54) is 50.0 Å². The minimum Gasteiger partial charge on any atom is -0.382 e. The number of pyridine rings is 4. The Bertz CT molecular complexity index is 2780. The monoisotopic (exact) mass is 861 g/mol. The van der Waals surface area contributed by atoms with Crippen molar-refractivity contribution in [3.05, 3.63) is 124 Å². The van der Waals surface area contributed by atoms with Crippen molar-refractivity contribution < 1.29 is 0 Å². The molecule has 0 spiro atoms. The van der Waals surface area contributed by atoms with Crippen molar-refractivity contribution in [2.24, 2.45) is 9.98 Å². The number of anilines is 1. The first kappa shape index (κ1) is 46.8. The van der Waals surface area contributed by atoms with Gasteiger partial charge in [-0.15, -0.1) is 0 Å². The van der Waals surface area contributed by atoms with Crippen LogP contribution in [0.25, 0.3) is 27.8 Å². The Kier molecular flexibility index (Phi) is 15.4. The molecule has 0 aromatic carbocycles. The molecule has 10 heterocycles. The topological polar surface area (TPSA) is 190 Å². The van der Waals surface area contributed by atoms with Gasteiger partial charge in [0.15, 0.2) is 16.9 Å². The number of aromatic amines is 2. The Labute approximate surface area is 376 Å². The van der Waals surface area contributed by atoms with E-state index in [-0.39, 0.29) is 0 Å². The number of nitrogens with two attached hydrogens (primary N) is 1. The van der Waals surface area contributed by atoms with Crippen LogP contribution in [0.1, 0.15) is 163 Å². The zero-order valence-corrected chi connectivity index (χ0v) is 39.5. The van der Waals surface area contributed by atoms with Gasteiger partial charge in [-0.2, -0.15) is 10.2 Å². The van der Waals surface area contributed by atoms with Crippen LogP contribution in [0.5, 0.6) is 0 Å². The van der Waals surface area contributed by atoms with Gasteiger partial charge >= 0.3 is 0 Å². The number of hydrogen-bond acceptors (Lipinski definition) is 11. The van der Waals surface area contributed by atoms with Crippen molar-refractivity contribution in [2.45, 2.75) is 132 Å². The van der Waals surface area contributed by atoms with Crippen molar-refractivity contribution in [2.75, 3.05) is 5.73 Å². The SMILES string of the molecule is CC(C)c1cnc(N)c2c1CC=N2.CC(C)c1cnc2ccnn2c1.CC(C)c1cnc2nc[nH]c2c1.CC1=NCc2ncc(C(C)C)cc21.CCc1[nH]nc2ncc(C(C)C)cc12. The number of rotatable bonds is 6. The number of nitrogens with one attached hydrogen (secondary N) is 2. The molecule has 0 atom stereocenters. The highest BCUT2D eigenvalue weighted by Gasteiger charge is 2.17. The first-order valence-corrected chi connectivity index (χ1v) is 22.4. The zero-order valence-electron chi connectivity index (χ0n) is 39.5. The smallest absolute Gasteiger partial charge is 0.181 e. The second-order valence-electron chi connectivity index (χ2n) is 17.6. The molecule has 0 bridgehead atoms. The summed E-state index contributed by atoms with van der Waals surface area (Å²) in [5.41, 5.74) is 22.4. The fraction of sp³-hybridized carbons (Fsp3) is 0.400. The number of H-pyrrole nitrogens is 2. The van der Waals surface area contributed by atoms with E-state index in [1.54, 1.807) is 17.0 Å². The maximum atomic E-state index is 5.72. The highest BCUT2D eigenvalue weighted by Crippen LogP contribution is 2.34. The molecule has 0 aliphatic carbocycles. The van der Waals surface area contributed by atoms with Gasteiger partial charge in [0.05, 0.1) is 30.3 Å². The van der Waals surface area contributed by atoms with Crippen molar-refractivity contribution in [3.8, 4) is 0 Å². The van der Waals surface area contributed by atoms with Crippen molar-refractivity contribution in [3.63, 3.8) is 0 Å². The number of aryl methyl sites for hydroxylation is 1. The van der Waals surface area contributed by atoms with E-state index in [1.807, 2.05) is 49.5 Å². The fourth-order valence-electron chi connectivity index (χ4n) is 7.03. The molecule has 8 aromatic rings. The molecule has 14 nitrogen and oxygen atoms in total. The molecule has 0 saturated heterocycles. The van der Waals surface area contributed by atoms with Crippen LogP contribution in [-0.2, 0) is 19.4 Å². The van der Waals surface area contributed by atoms with Crippen LogP contribution in [0.15, 0.2) is 84.0 Å². The first-order valence-electron chi connectivity index (χ1n) is 22.4. The highest BCUT2D eigenvalue weighted by atomic mass is 15.2. The molecule has 2 aliphatic rings. The van der Waals surface area contributed by atoms with Gasteiger partial charge in [0.1, 0.15) is 11.5 Å². The number of fused-ring (bicyclic) bond motifs is 5. The molecule has 10 rings (SSSR count). The van der Waals surface area contributed by atoms with Gasteiger partial charge < -0.3 is 10.7 Å². The lowest BCUT2D eigenvalue weighted by Crippen LogP contribution is -1.99. The third-order valence-corrected chi connectivity index (χ3v) is 11.3. The lowest BCUT2D eigenvalue weighted by molar-refractivity contribution is 0.821. The third kappa shape index (κ3) is 11.3. The largest absolute Gasteiger partial charge is 0.382 e. The number of aliphatic imine (C=N–C) groups is 2. The molecular formula is C50H64N14. The number of nitrogens with zero attached hydrogens (tertiary/aromatic N) is 11. The molecule has 14 heteroatoms. The summed E-state index contributed by atoms with van der Waals surface area (Å²) < 4.78 is 1.80. The van der Waals surface area contributed by atoms with E-state index in [4.69, 9.17) is 5.73 Å². The number of hydrogen-bond donors (Lipinski definition) is 3. The van der Waals surface area contributed by atoms with E-state index >= 15 is 0 Å². The molecule has 0 amide bonds. The molecule has 334 valence electrons. The molecule has 0 radical (unpaired) electrons. The average molecular weight is 861 g/mol. The number of aromatic nitrogens is 11. The summed E-state index contributed by atoms with van der Waals surface area (Å²) in [6, 6.07) is 8.40. The van der Waals surface area contributed by atoms with Gasteiger partial charge in [0.25, 0.3) is 0 Å². The Balaban J connectivity index is 0.000000133. The van der Waals surface area contributed by atoms with E-state index < -0.39 is 0 Å². The summed E-state index contributed by atoms with van der Waals surface area (Å²) in [6.07, 6.45) is 18.7. The van der Waals surface area contributed by atoms with E-state index in [0.29, 0.717) is 35.4 Å². The molecule has 8 aromatic heterocycles. The molecule has 2 aliphatic heterocycles. The zero-order chi connectivity index (χ0) is 46.1. The van der Waals surface area contributed by atoms with Gasteiger partial charge in [0, 0.05) is 78.2 Å². The molecule has 64 heavy (non-hydrogen) atoms. The van der Waals surface area contributed by atoms with E-state index in [9.17, 15) is 0 Å². The lowest BCUT2D eigenvalue weighted by atomic mass is 9.97. The van der Waals surface area contributed by atoms with Crippen molar-refractivity contribution in [1.29, 1.82) is 0 Å². The van der Waals surface area contributed by atoms with Gasteiger partial charge in [-0.1, -0.05) is 76.2 Å². The summed E-state index contributed by atoms with van der Waals surface area (Å²) in [4.78, 5) is 37.0. The van der Waals surface area contributed by atoms with Gasteiger partial charge in [-0.05, 0) is 94.5 Å². The second-order valence-corrected chi connectivity index (χ2v) is 17.6. The number of nitrogen functional groups attached to an aromatic ring is 1. The minimum absolute atomic E-state index is 0.489. The standard InChI is InChI=1S/C11H15N3.C11H14N2.C10H13N3.2C9H11N3/c1-4-10-9-5-8(7(2)3)6-12-11(9)14-13-10;1-7(2)9-4-10-8(3)12-6-11(10)13-5-9;1-6(2)8-5-13-10(11)9-7(8)3-4-12-9;1-6(2)7-3-8-9(10-4-7)12-5-11-8;1-7(2)8-5-10-9-3-4-11-12(9)6-8/h5-7H,4H2,1-3H3,(H,12,13,14);4-5,7H,6H2,1-3H3;4-6H,3H2,1-2H3,(H2,11,13);3-6H,1-2H3,(H,10,11,12);3-7H,1-2H3. The average Bonchev–Trinajstić information content (AvgIpc) is 4.15. The maximum Gasteiger partial charge on any atom is 0.181 e. The van der Waals surface area contributed by atoms with Gasteiger partial charge in [0.2, 0.25) is 0 Å². The van der Waals surface area contributed by atoms with Crippen LogP contribution in [0.4, 0.5) is 11.5 Å². The lowest BCUT2D eigenvalue weighted by Gasteiger charge is -2.11. The predicted octanol–water partition coefficient (Wildman–Crippen LogP) is 11.2. The van der Waals surface area contributed by atoms with Crippen LogP contribution in [0.2, 0.25) is 0 Å². The molecule has 0 unspecified atom stereocenters.